The first-order valence-electron chi connectivity index (χ1n) is 8.10. The van der Waals surface area contributed by atoms with Crippen LogP contribution in [0.25, 0.3) is 0 Å². The van der Waals surface area contributed by atoms with Gasteiger partial charge in [0.25, 0.3) is 0 Å². The van der Waals surface area contributed by atoms with Crippen LogP contribution in [-0.4, -0.2) is 16.7 Å². The molecule has 28 heavy (non-hydrogen) atoms. The molecule has 0 saturated heterocycles. The van der Waals surface area contributed by atoms with Crippen molar-refractivity contribution in [3.8, 4) is 5.75 Å². The van der Waals surface area contributed by atoms with Crippen molar-refractivity contribution in [3.63, 3.8) is 0 Å². The molecule has 9 heteroatoms. The maximum Gasteiger partial charge on any atom is 0.310 e. The second kappa shape index (κ2) is 7.93. The van der Waals surface area contributed by atoms with E-state index in [0.29, 0.717) is 22.0 Å². The molecule has 0 radical (unpaired) electrons. The number of ether oxygens (including phenoxy) is 1. The molecule has 0 fully saturated rings. The molecule has 3 aromatic rings. The minimum atomic E-state index is -1.09. The third-order valence-corrected chi connectivity index (χ3v) is 4.27. The number of anilines is 2. The number of halogens is 4. The summed E-state index contributed by atoms with van der Waals surface area (Å²) in [6.07, 6.45) is 0.920. The van der Waals surface area contributed by atoms with Crippen LogP contribution in [0.2, 0.25) is 5.02 Å². The molecule has 0 amide bonds. The number of rotatable bonds is 5. The van der Waals surface area contributed by atoms with Crippen LogP contribution in [0.15, 0.2) is 41.3 Å². The van der Waals surface area contributed by atoms with Gasteiger partial charge in [-0.2, -0.15) is 9.37 Å². The highest BCUT2D eigenvalue weighted by atomic mass is 35.5. The summed E-state index contributed by atoms with van der Waals surface area (Å²) in [5.74, 6) is -2.25. The van der Waals surface area contributed by atoms with Gasteiger partial charge in [0.05, 0.1) is 18.7 Å². The molecule has 0 saturated carbocycles. The van der Waals surface area contributed by atoms with Gasteiger partial charge in [-0.15, -0.1) is 0 Å². The van der Waals surface area contributed by atoms with Crippen LogP contribution < -0.4 is 15.6 Å². The largest absolute Gasteiger partial charge is 0.495 e. The highest BCUT2D eigenvalue weighted by molar-refractivity contribution is 6.32. The summed E-state index contributed by atoms with van der Waals surface area (Å²) in [7, 11) is 1.45. The molecule has 2 aromatic carbocycles. The van der Waals surface area contributed by atoms with Gasteiger partial charge in [0.1, 0.15) is 17.4 Å². The fourth-order valence-corrected chi connectivity index (χ4v) is 2.95. The number of aromatic nitrogens is 2. The SMILES string of the molecule is COc1cc(Nc2nc(=O)c(F)cn2Cc2cc(F)cc(F)c2)c(C)cc1Cl. The van der Waals surface area contributed by atoms with E-state index in [4.69, 9.17) is 16.3 Å². The number of aryl methyl sites for hydroxylation is 1. The summed E-state index contributed by atoms with van der Waals surface area (Å²) in [6, 6.07) is 6.20. The topological polar surface area (TPSA) is 56.1 Å². The first kappa shape index (κ1) is 19.8. The minimum Gasteiger partial charge on any atom is -0.495 e. The lowest BCUT2D eigenvalue weighted by Gasteiger charge is -2.16. The zero-order chi connectivity index (χ0) is 20.4. The molecule has 1 heterocycles. The van der Waals surface area contributed by atoms with Crippen molar-refractivity contribution in [1.29, 1.82) is 0 Å². The first-order chi connectivity index (χ1) is 13.3. The number of nitrogens with one attached hydrogen (secondary N) is 1. The van der Waals surface area contributed by atoms with Gasteiger partial charge in [0.15, 0.2) is 0 Å². The van der Waals surface area contributed by atoms with E-state index in [1.54, 1.807) is 19.1 Å². The zero-order valence-electron chi connectivity index (χ0n) is 14.9. The Kier molecular flexibility index (Phi) is 5.60. The van der Waals surface area contributed by atoms with Crippen molar-refractivity contribution in [3.05, 3.63) is 80.5 Å². The van der Waals surface area contributed by atoms with E-state index in [1.165, 1.54) is 11.7 Å². The van der Waals surface area contributed by atoms with Gasteiger partial charge in [-0.05, 0) is 36.2 Å². The lowest BCUT2D eigenvalue weighted by molar-refractivity contribution is 0.415. The lowest BCUT2D eigenvalue weighted by atomic mass is 10.2. The molecule has 5 nitrogen and oxygen atoms in total. The highest BCUT2D eigenvalue weighted by Gasteiger charge is 2.13. The molecular weight excluding hydrogens is 395 g/mol. The summed E-state index contributed by atoms with van der Waals surface area (Å²) in [4.78, 5) is 15.4. The van der Waals surface area contributed by atoms with E-state index < -0.39 is 23.0 Å². The summed E-state index contributed by atoms with van der Waals surface area (Å²) in [5, 5.41) is 3.31. The number of hydrogen-bond acceptors (Lipinski definition) is 4. The number of nitrogens with zero attached hydrogens (tertiary/aromatic N) is 2. The third-order valence-electron chi connectivity index (χ3n) is 3.97. The van der Waals surface area contributed by atoms with Gasteiger partial charge in [0.2, 0.25) is 11.8 Å². The molecule has 146 valence electrons. The first-order valence-corrected chi connectivity index (χ1v) is 8.47. The lowest BCUT2D eigenvalue weighted by Crippen LogP contribution is -2.20. The van der Waals surface area contributed by atoms with Gasteiger partial charge in [-0.1, -0.05) is 11.6 Å². The highest BCUT2D eigenvalue weighted by Crippen LogP contribution is 2.32. The van der Waals surface area contributed by atoms with Crippen molar-refractivity contribution in [1.82, 2.24) is 9.55 Å². The fraction of sp³-hybridized carbons (Fsp3) is 0.158. The molecule has 1 N–H and O–H groups in total. The Balaban J connectivity index is 2.04. The van der Waals surface area contributed by atoms with Gasteiger partial charge < -0.3 is 14.6 Å². The van der Waals surface area contributed by atoms with Crippen molar-refractivity contribution in [2.75, 3.05) is 12.4 Å². The molecule has 0 aliphatic rings. The minimum absolute atomic E-state index is 0.0106. The Hall–Kier alpha value is -3.00. The molecular formula is C19H15ClF3N3O2. The molecule has 0 aliphatic carbocycles. The predicted molar refractivity (Wildman–Crippen MR) is 99.9 cm³/mol. The summed E-state index contributed by atoms with van der Waals surface area (Å²) in [6.45, 7) is 1.65. The van der Waals surface area contributed by atoms with Gasteiger partial charge in [0, 0.05) is 24.0 Å². The fourth-order valence-electron chi connectivity index (χ4n) is 2.65. The van der Waals surface area contributed by atoms with E-state index in [0.717, 1.165) is 24.4 Å². The van der Waals surface area contributed by atoms with E-state index in [1.807, 2.05) is 0 Å². The average molecular weight is 410 g/mol. The Morgan fingerprint density at radius 2 is 1.82 bits per heavy atom. The standard InChI is InChI=1S/C19H15ClF3N3O2/c1-10-3-14(20)17(28-2)7-16(10)24-19-25-18(27)15(23)9-26(19)8-11-4-12(21)6-13(22)5-11/h3-7,9H,8H2,1-2H3,(H,24,25,27). The maximum absolute atomic E-state index is 13.8. The molecule has 0 spiro atoms. The van der Waals surface area contributed by atoms with Crippen molar-refractivity contribution in [2.45, 2.75) is 13.5 Å². The molecule has 0 aliphatic heterocycles. The van der Waals surface area contributed by atoms with Crippen LogP contribution in [0, 0.1) is 24.4 Å². The van der Waals surface area contributed by atoms with Crippen LogP contribution in [0.1, 0.15) is 11.1 Å². The number of methoxy groups -OCH3 is 1. The van der Waals surface area contributed by atoms with E-state index in [-0.39, 0.29) is 18.1 Å². The monoisotopic (exact) mass is 409 g/mol. The summed E-state index contributed by atoms with van der Waals surface area (Å²) < 4.78 is 47.1. The normalized spacial score (nSPS) is 10.8. The third kappa shape index (κ3) is 4.28. The molecule has 0 atom stereocenters. The zero-order valence-corrected chi connectivity index (χ0v) is 15.6. The maximum atomic E-state index is 13.8. The van der Waals surface area contributed by atoms with Gasteiger partial charge in [-0.3, -0.25) is 4.79 Å². The Morgan fingerprint density at radius 3 is 2.46 bits per heavy atom. The Bertz CT molecular complexity index is 1080. The van der Waals surface area contributed by atoms with Crippen molar-refractivity contribution in [2.24, 2.45) is 0 Å². The molecule has 0 unspecified atom stereocenters. The van der Waals surface area contributed by atoms with Gasteiger partial charge >= 0.3 is 5.56 Å². The van der Waals surface area contributed by atoms with Crippen LogP contribution in [0.5, 0.6) is 5.75 Å². The number of benzene rings is 2. The smallest absolute Gasteiger partial charge is 0.310 e. The van der Waals surface area contributed by atoms with Crippen LogP contribution in [-0.2, 0) is 6.54 Å². The van der Waals surface area contributed by atoms with Crippen LogP contribution in [0.3, 0.4) is 0 Å². The van der Waals surface area contributed by atoms with E-state index in [9.17, 15) is 18.0 Å². The van der Waals surface area contributed by atoms with Gasteiger partial charge in [-0.25, -0.2) is 8.78 Å². The number of hydrogen-bond donors (Lipinski definition) is 1. The van der Waals surface area contributed by atoms with Crippen LogP contribution in [0.4, 0.5) is 24.8 Å². The quantitative estimate of drug-likeness (QED) is 0.677. The van der Waals surface area contributed by atoms with Crippen molar-refractivity contribution < 1.29 is 17.9 Å². The molecule has 1 aromatic heterocycles. The summed E-state index contributed by atoms with van der Waals surface area (Å²) in [5.41, 5.74) is 0.394. The van der Waals surface area contributed by atoms with Crippen LogP contribution >= 0.6 is 11.6 Å². The summed E-state index contributed by atoms with van der Waals surface area (Å²) >= 11 is 6.07. The predicted octanol–water partition coefficient (Wildman–Crippen LogP) is 4.42. The molecule has 3 rings (SSSR count). The average Bonchev–Trinajstić information content (AvgIpc) is 2.60. The van der Waals surface area contributed by atoms with Crippen molar-refractivity contribution >= 4 is 23.2 Å². The van der Waals surface area contributed by atoms with E-state index in [2.05, 4.69) is 10.3 Å². The van der Waals surface area contributed by atoms with E-state index >= 15 is 0 Å². The second-order valence-corrected chi connectivity index (χ2v) is 6.46. The Morgan fingerprint density at radius 1 is 1.14 bits per heavy atom. The second-order valence-electron chi connectivity index (χ2n) is 6.05. The molecule has 0 bridgehead atoms. The Labute approximate surface area is 163 Å².